The molecule has 3 heterocycles. The summed E-state index contributed by atoms with van der Waals surface area (Å²) in [5, 5.41) is 21.7. The third-order valence-corrected chi connectivity index (χ3v) is 8.20. The number of rotatable bonds is 6. The van der Waals surface area contributed by atoms with Crippen LogP contribution >= 0.6 is 18.9 Å². The number of thiophene rings is 1. The maximum Gasteiger partial charge on any atom is 0.346 e. The summed E-state index contributed by atoms with van der Waals surface area (Å²) in [6, 6.07) is 14.8. The molecule has 1 aliphatic rings. The van der Waals surface area contributed by atoms with Crippen molar-refractivity contribution in [3.63, 3.8) is 0 Å². The first kappa shape index (κ1) is 24.9. The summed E-state index contributed by atoms with van der Waals surface area (Å²) in [6.45, 7) is 0.0886. The Morgan fingerprint density at radius 1 is 1.16 bits per heavy atom. The minimum absolute atomic E-state index is 0.0766. The minimum Gasteiger partial charge on any atom is -0.505 e. The Labute approximate surface area is 215 Å². The Kier molecular flexibility index (Phi) is 6.24. The van der Waals surface area contributed by atoms with Crippen molar-refractivity contribution in [2.45, 2.75) is 6.54 Å². The molecule has 0 radical (unpaired) electrons. The van der Waals surface area contributed by atoms with Gasteiger partial charge in [0.15, 0.2) is 11.6 Å². The smallest absolute Gasteiger partial charge is 0.346 e. The summed E-state index contributed by atoms with van der Waals surface area (Å²) >= 11 is 1.38. The van der Waals surface area contributed by atoms with Crippen molar-refractivity contribution >= 4 is 51.4 Å². The number of nitrogens with one attached hydrogen (secondary N) is 2. The lowest BCUT2D eigenvalue weighted by molar-refractivity contribution is 0.464. The lowest BCUT2D eigenvalue weighted by Crippen LogP contribution is -2.34. The Morgan fingerprint density at radius 3 is 2.59 bits per heavy atom. The number of hydrogen-bond donors (Lipinski definition) is 4. The van der Waals surface area contributed by atoms with Crippen molar-refractivity contribution in [1.29, 1.82) is 0 Å². The second kappa shape index (κ2) is 9.27. The summed E-state index contributed by atoms with van der Waals surface area (Å²) in [6.07, 6.45) is 0.956. The monoisotopic (exact) mass is 557 g/mol. The standard InChI is InChI=1S/C23H20N5O6PS2/c1-37(33,34)27-16-7-8-17-18(11-16)35(31,32)26-22(24-17)19-21(29)20(15-9-10-36-13-15)25-28(23(19)30)12-14-5-3-2-4-6-14/h2-11,13,27,29H,12H2,1H3,(H2,24,26,31,32). The zero-order valence-corrected chi connectivity index (χ0v) is 21.7. The topological polar surface area (TPSA) is 163 Å². The van der Waals surface area contributed by atoms with Crippen LogP contribution in [-0.4, -0.2) is 40.3 Å². The molecule has 0 fully saturated rings. The maximum atomic E-state index is 13.5. The van der Waals surface area contributed by atoms with Crippen LogP contribution in [0.2, 0.25) is 0 Å². The molecule has 1 unspecified atom stereocenters. The van der Waals surface area contributed by atoms with Crippen LogP contribution < -0.4 is 20.9 Å². The van der Waals surface area contributed by atoms with E-state index in [9.17, 15) is 27.8 Å². The Morgan fingerprint density at radius 2 is 1.92 bits per heavy atom. The zero-order chi connectivity index (χ0) is 26.4. The van der Waals surface area contributed by atoms with Gasteiger partial charge in [-0.3, -0.25) is 14.1 Å². The van der Waals surface area contributed by atoms with Crippen molar-refractivity contribution < 1.29 is 23.0 Å². The summed E-state index contributed by atoms with van der Waals surface area (Å²) in [5.41, 5.74) is 0.641. The molecule has 4 N–H and O–H groups in total. The van der Waals surface area contributed by atoms with Gasteiger partial charge >= 0.3 is 7.52 Å². The first-order chi connectivity index (χ1) is 17.5. The highest BCUT2D eigenvalue weighted by molar-refractivity contribution is 7.92. The quantitative estimate of drug-likeness (QED) is 0.263. The van der Waals surface area contributed by atoms with Gasteiger partial charge in [-0.25, -0.2) is 13.1 Å². The number of aromatic nitrogens is 2. The maximum absolute atomic E-state index is 13.5. The molecule has 190 valence electrons. The average molecular weight is 558 g/mol. The van der Waals surface area contributed by atoms with Crippen molar-refractivity contribution in [3.8, 4) is 17.0 Å². The number of benzene rings is 2. The molecule has 37 heavy (non-hydrogen) atoms. The predicted molar refractivity (Wildman–Crippen MR) is 144 cm³/mol. The molecule has 0 spiro atoms. The molecule has 5 rings (SSSR count). The third-order valence-electron chi connectivity index (χ3n) is 5.44. The highest BCUT2D eigenvalue weighted by Crippen LogP contribution is 2.47. The highest BCUT2D eigenvalue weighted by atomic mass is 32.2. The van der Waals surface area contributed by atoms with Crippen molar-refractivity contribution in [1.82, 2.24) is 9.78 Å². The molecular formula is C23H20N5O6PS2. The first-order valence-corrected chi connectivity index (χ1v) is 15.2. The molecule has 0 amide bonds. The zero-order valence-electron chi connectivity index (χ0n) is 19.2. The van der Waals surface area contributed by atoms with Gasteiger partial charge in [-0.2, -0.15) is 21.2 Å². The SMILES string of the molecule is CS(=O)(=O)Nc1ccc2c(c1)P(=O)(O)N=C(c1c(O)c(-c3ccsc3)nn(Cc3ccccc3)c1=O)N2. The second-order valence-electron chi connectivity index (χ2n) is 8.26. The predicted octanol–water partition coefficient (Wildman–Crippen LogP) is 2.78. The van der Waals surface area contributed by atoms with Gasteiger partial charge in [-0.15, -0.1) is 0 Å². The summed E-state index contributed by atoms with van der Waals surface area (Å²) in [5.74, 6) is -0.789. The lowest BCUT2D eigenvalue weighted by atomic mass is 10.1. The van der Waals surface area contributed by atoms with E-state index in [0.29, 0.717) is 5.56 Å². The molecule has 1 aliphatic heterocycles. The molecule has 0 saturated heterocycles. The summed E-state index contributed by atoms with van der Waals surface area (Å²) in [4.78, 5) is 24.3. The lowest BCUT2D eigenvalue weighted by Gasteiger charge is -2.23. The van der Waals surface area contributed by atoms with E-state index in [4.69, 9.17) is 0 Å². The average Bonchev–Trinajstić information content (AvgIpc) is 3.35. The Bertz CT molecular complexity index is 1750. The van der Waals surface area contributed by atoms with Gasteiger partial charge in [0.1, 0.15) is 11.3 Å². The van der Waals surface area contributed by atoms with Gasteiger partial charge in [-0.1, -0.05) is 30.3 Å². The van der Waals surface area contributed by atoms with Crippen LogP contribution in [0.1, 0.15) is 11.1 Å². The molecule has 14 heteroatoms. The molecular weight excluding hydrogens is 537 g/mol. The van der Waals surface area contributed by atoms with E-state index in [2.05, 4.69) is 19.9 Å². The van der Waals surface area contributed by atoms with E-state index in [-0.39, 0.29) is 40.3 Å². The third kappa shape index (κ3) is 5.07. The van der Waals surface area contributed by atoms with Crippen LogP contribution in [0, 0.1) is 0 Å². The van der Waals surface area contributed by atoms with E-state index in [0.717, 1.165) is 11.8 Å². The van der Waals surface area contributed by atoms with Crippen LogP contribution in [0.15, 0.2) is 74.9 Å². The fourth-order valence-corrected chi connectivity index (χ4v) is 6.32. The molecule has 0 aliphatic carbocycles. The van der Waals surface area contributed by atoms with Gasteiger partial charge in [-0.05, 0) is 35.2 Å². The van der Waals surface area contributed by atoms with Gasteiger partial charge < -0.3 is 15.3 Å². The van der Waals surface area contributed by atoms with E-state index < -0.39 is 28.9 Å². The van der Waals surface area contributed by atoms with Crippen molar-refractivity contribution in [2.24, 2.45) is 4.76 Å². The van der Waals surface area contributed by atoms with Crippen molar-refractivity contribution in [3.05, 3.63) is 86.8 Å². The fourth-order valence-electron chi connectivity index (χ4n) is 3.84. The molecule has 0 saturated carbocycles. The van der Waals surface area contributed by atoms with Gasteiger partial charge in [0, 0.05) is 16.6 Å². The Balaban J connectivity index is 1.66. The van der Waals surface area contributed by atoms with E-state index in [1.807, 2.05) is 30.3 Å². The molecule has 2 aromatic heterocycles. The number of hydrogen-bond acceptors (Lipinski definition) is 8. The summed E-state index contributed by atoms with van der Waals surface area (Å²) in [7, 11) is -8.10. The van der Waals surface area contributed by atoms with Gasteiger partial charge in [0.2, 0.25) is 10.0 Å². The van der Waals surface area contributed by atoms with Gasteiger partial charge in [0.25, 0.3) is 5.56 Å². The summed E-state index contributed by atoms with van der Waals surface area (Å²) < 4.78 is 43.7. The number of aromatic hydroxyl groups is 1. The van der Waals surface area contributed by atoms with Crippen LogP contribution in [0.5, 0.6) is 5.75 Å². The van der Waals surface area contributed by atoms with Crippen LogP contribution in [0.3, 0.4) is 0 Å². The Hall–Kier alpha value is -3.77. The second-order valence-corrected chi connectivity index (χ2v) is 12.6. The number of anilines is 2. The number of sulfonamides is 1. The number of fused-ring (bicyclic) bond motifs is 1. The first-order valence-electron chi connectivity index (χ1n) is 10.8. The largest absolute Gasteiger partial charge is 0.505 e. The van der Waals surface area contributed by atoms with Gasteiger partial charge in [0.05, 0.1) is 23.8 Å². The molecule has 11 nitrogen and oxygen atoms in total. The normalized spacial score (nSPS) is 17.0. The van der Waals surface area contributed by atoms with Crippen LogP contribution in [0.4, 0.5) is 11.4 Å². The van der Waals surface area contributed by atoms with Crippen molar-refractivity contribution in [2.75, 3.05) is 16.3 Å². The van der Waals surface area contributed by atoms with Crippen LogP contribution in [0.25, 0.3) is 11.3 Å². The van der Waals surface area contributed by atoms with Crippen LogP contribution in [-0.2, 0) is 21.1 Å². The molecule has 2 aromatic carbocycles. The molecule has 4 aromatic rings. The number of amidine groups is 1. The fraction of sp³-hybridized carbons (Fsp3) is 0.0870. The highest BCUT2D eigenvalue weighted by Gasteiger charge is 2.34. The van der Waals surface area contributed by atoms with E-state index in [1.54, 1.807) is 16.8 Å². The van der Waals surface area contributed by atoms with E-state index >= 15 is 0 Å². The van der Waals surface area contributed by atoms with E-state index in [1.165, 1.54) is 34.2 Å². The molecule has 1 atom stereocenters. The minimum atomic E-state index is -4.47. The molecule has 0 bridgehead atoms. The number of nitrogens with zero attached hydrogens (tertiary/aromatic N) is 3.